The van der Waals surface area contributed by atoms with E-state index in [2.05, 4.69) is 0 Å². The Labute approximate surface area is 94.5 Å². The van der Waals surface area contributed by atoms with Crippen LogP contribution in [0.25, 0.3) is 0 Å². The third kappa shape index (κ3) is 15.8. The summed E-state index contributed by atoms with van der Waals surface area (Å²) < 4.78 is 0. The Balaban J connectivity index is -0.000000245. The first kappa shape index (κ1) is 16.8. The second-order valence-corrected chi connectivity index (χ2v) is 1.01. The molecule has 0 aliphatic carbocycles. The molecule has 0 saturated heterocycles. The number of hydrogen-bond donors (Lipinski definition) is 2. The number of rotatable bonds is 2. The molecule has 0 aliphatic heterocycles. The molecule has 0 fully saturated rings. The molecule has 0 atom stereocenters. The maximum absolute atomic E-state index is 9.55. The van der Waals surface area contributed by atoms with Crippen LogP contribution in [0.15, 0.2) is 12.2 Å². The Bertz CT molecular complexity index is 128. The molecule has 10 heavy (non-hydrogen) atoms. The summed E-state index contributed by atoms with van der Waals surface area (Å²) in [5.41, 5.74) is 0. The zero-order valence-electron chi connectivity index (χ0n) is 5.37. The van der Waals surface area contributed by atoms with E-state index >= 15 is 0 Å². The summed E-state index contributed by atoms with van der Waals surface area (Å²) in [6.45, 7) is 0. The zero-order valence-corrected chi connectivity index (χ0v) is 8.93. The molecule has 0 unspecified atom stereocenters. The van der Waals surface area contributed by atoms with E-state index in [9.17, 15) is 9.59 Å². The van der Waals surface area contributed by atoms with Crippen molar-refractivity contribution in [1.29, 1.82) is 0 Å². The van der Waals surface area contributed by atoms with Gasteiger partial charge in [0.15, 0.2) is 0 Å². The van der Waals surface area contributed by atoms with E-state index in [4.69, 9.17) is 10.2 Å². The number of aliphatic carboxylic acids is 2. The molecule has 49 valence electrons. The first-order chi connectivity index (χ1) is 3.63. The van der Waals surface area contributed by atoms with Crippen LogP contribution in [0.3, 0.4) is 0 Å². The molecular formula is C4H4NaO4Ti. The Morgan fingerprint density at radius 1 is 1.00 bits per heavy atom. The maximum Gasteiger partial charge on any atom is 0.328 e. The van der Waals surface area contributed by atoms with Crippen LogP contribution >= 0.6 is 0 Å². The van der Waals surface area contributed by atoms with E-state index in [-0.39, 0.29) is 51.3 Å². The molecule has 0 bridgehead atoms. The molecule has 2 N–H and O–H groups in total. The molecule has 1 radical (unpaired) electrons. The second kappa shape index (κ2) is 9.39. The van der Waals surface area contributed by atoms with Gasteiger partial charge in [-0.05, 0) is 0 Å². The summed E-state index contributed by atoms with van der Waals surface area (Å²) in [6.07, 6.45) is 1.12. The van der Waals surface area contributed by atoms with Crippen LogP contribution in [-0.2, 0) is 31.3 Å². The summed E-state index contributed by atoms with van der Waals surface area (Å²) in [4.78, 5) is 19.1. The molecule has 0 aliphatic rings. The predicted octanol–water partition coefficient (Wildman–Crippen LogP) is -0.671. The maximum atomic E-state index is 9.55. The Morgan fingerprint density at radius 3 is 1.30 bits per heavy atom. The van der Waals surface area contributed by atoms with Crippen LogP contribution in [0.1, 0.15) is 0 Å². The minimum Gasteiger partial charge on any atom is -0.478 e. The van der Waals surface area contributed by atoms with Gasteiger partial charge in [0.2, 0.25) is 0 Å². The fraction of sp³-hybridized carbons (Fsp3) is 0. The molecule has 4 nitrogen and oxygen atoms in total. The third-order valence-corrected chi connectivity index (χ3v) is 0.368. The number of carboxylic acids is 2. The Hall–Kier alpha value is 0.394. The van der Waals surface area contributed by atoms with Crippen LogP contribution in [0, 0.1) is 0 Å². The van der Waals surface area contributed by atoms with Gasteiger partial charge in [-0.1, -0.05) is 0 Å². The molecule has 0 aromatic rings. The molecule has 0 heterocycles. The van der Waals surface area contributed by atoms with Gasteiger partial charge in [0.1, 0.15) is 0 Å². The first-order valence-electron chi connectivity index (χ1n) is 1.77. The minimum absolute atomic E-state index is 0. The number of carbonyl (C=O) groups is 2. The molecule has 0 aromatic carbocycles. The topological polar surface area (TPSA) is 74.6 Å². The molecule has 0 saturated carbocycles. The smallest absolute Gasteiger partial charge is 0.328 e. The average molecular weight is 187 g/mol. The summed E-state index contributed by atoms with van der Waals surface area (Å²) in [7, 11) is 0. The van der Waals surface area contributed by atoms with Gasteiger partial charge in [0, 0.05) is 63.4 Å². The van der Waals surface area contributed by atoms with E-state index < -0.39 is 11.9 Å². The largest absolute Gasteiger partial charge is 0.478 e. The van der Waals surface area contributed by atoms with Crippen molar-refractivity contribution in [2.45, 2.75) is 0 Å². The summed E-state index contributed by atoms with van der Waals surface area (Å²) >= 11 is 0. The number of hydrogen-bond acceptors (Lipinski definition) is 2. The third-order valence-electron chi connectivity index (χ3n) is 0.368. The van der Waals surface area contributed by atoms with Gasteiger partial charge in [0.25, 0.3) is 0 Å². The molecule has 0 amide bonds. The normalized spacial score (nSPS) is 7.60. The van der Waals surface area contributed by atoms with Gasteiger partial charge >= 0.3 is 11.9 Å². The fourth-order valence-corrected chi connectivity index (χ4v) is 0.143. The van der Waals surface area contributed by atoms with E-state index in [1.165, 1.54) is 0 Å². The van der Waals surface area contributed by atoms with Crippen molar-refractivity contribution < 1.29 is 41.5 Å². The van der Waals surface area contributed by atoms with Crippen LogP contribution < -0.4 is 0 Å². The quantitative estimate of drug-likeness (QED) is 0.444. The van der Waals surface area contributed by atoms with Crippen LogP contribution in [-0.4, -0.2) is 51.7 Å². The zero-order chi connectivity index (χ0) is 6.57. The molecule has 0 aromatic heterocycles. The van der Waals surface area contributed by atoms with Crippen molar-refractivity contribution >= 4 is 41.5 Å². The summed E-state index contributed by atoms with van der Waals surface area (Å²) in [5, 5.41) is 15.6. The standard InChI is InChI=1S/C4H4O4.Na.Ti/c5-3(6)1-2-4(7)8;;/h1-2H,(H,5,6)(H,7,8);;/b2-1-;;. The van der Waals surface area contributed by atoms with Gasteiger partial charge < -0.3 is 10.2 Å². The predicted molar refractivity (Wildman–Crippen MR) is 30.2 cm³/mol. The minimum atomic E-state index is -1.26. The Morgan fingerprint density at radius 2 is 1.20 bits per heavy atom. The SMILES string of the molecule is O=C(O)/C=C\C(=O)O.[Na].[Ti]. The summed E-state index contributed by atoms with van der Waals surface area (Å²) in [5.74, 6) is -2.51. The van der Waals surface area contributed by atoms with Crippen molar-refractivity contribution in [3.63, 3.8) is 0 Å². The molecule has 0 rings (SSSR count). The van der Waals surface area contributed by atoms with Crippen molar-refractivity contribution in [1.82, 2.24) is 0 Å². The van der Waals surface area contributed by atoms with Crippen LogP contribution in [0.2, 0.25) is 0 Å². The second-order valence-electron chi connectivity index (χ2n) is 1.01. The van der Waals surface area contributed by atoms with Crippen molar-refractivity contribution in [2.24, 2.45) is 0 Å². The first-order valence-corrected chi connectivity index (χ1v) is 1.77. The van der Waals surface area contributed by atoms with E-state index in [0.29, 0.717) is 12.2 Å². The van der Waals surface area contributed by atoms with Gasteiger partial charge in [-0.25, -0.2) is 9.59 Å². The van der Waals surface area contributed by atoms with Crippen molar-refractivity contribution in [3.8, 4) is 0 Å². The van der Waals surface area contributed by atoms with E-state index in [1.54, 1.807) is 0 Å². The van der Waals surface area contributed by atoms with Crippen LogP contribution in [0.4, 0.5) is 0 Å². The van der Waals surface area contributed by atoms with E-state index in [0.717, 1.165) is 0 Å². The van der Waals surface area contributed by atoms with E-state index in [1.807, 2.05) is 0 Å². The summed E-state index contributed by atoms with van der Waals surface area (Å²) in [6, 6.07) is 0. The van der Waals surface area contributed by atoms with Gasteiger partial charge in [-0.3, -0.25) is 0 Å². The van der Waals surface area contributed by atoms with Gasteiger partial charge in [-0.15, -0.1) is 0 Å². The molecular weight excluding hydrogens is 183 g/mol. The fourth-order valence-electron chi connectivity index (χ4n) is 0.143. The van der Waals surface area contributed by atoms with Gasteiger partial charge in [0.05, 0.1) is 0 Å². The average Bonchev–Trinajstić information content (AvgIpc) is 1.61. The van der Waals surface area contributed by atoms with Gasteiger partial charge in [-0.2, -0.15) is 0 Å². The van der Waals surface area contributed by atoms with Crippen molar-refractivity contribution in [3.05, 3.63) is 12.2 Å². The molecule has 6 heteroatoms. The Kier molecular flexibility index (Phi) is 15.8. The number of carboxylic acid groups (broad SMARTS) is 2. The monoisotopic (exact) mass is 187 g/mol. The molecule has 0 spiro atoms. The van der Waals surface area contributed by atoms with Crippen LogP contribution in [0.5, 0.6) is 0 Å². The van der Waals surface area contributed by atoms with Crippen molar-refractivity contribution in [2.75, 3.05) is 0 Å².